The maximum Gasteiger partial charge on any atom is 0.132 e. The van der Waals surface area contributed by atoms with Gasteiger partial charge in [-0.25, -0.2) is 4.98 Å². The Morgan fingerprint density at radius 3 is 2.50 bits per heavy atom. The average molecular weight is 184 g/mol. The molecule has 0 amide bonds. The highest BCUT2D eigenvalue weighted by Gasteiger charge is 2.12. The maximum absolute atomic E-state index is 5.95. The van der Waals surface area contributed by atoms with Gasteiger partial charge in [-0.1, -0.05) is 38.4 Å². The lowest BCUT2D eigenvalue weighted by Gasteiger charge is -2.16. The molecule has 1 aromatic heterocycles. The molecule has 1 aromatic rings. The quantitative estimate of drug-likeness (QED) is 0.640. The van der Waals surface area contributed by atoms with Crippen LogP contribution >= 0.6 is 11.6 Å². The number of aromatic nitrogens is 1. The van der Waals surface area contributed by atoms with Gasteiger partial charge in [-0.05, 0) is 23.5 Å². The minimum Gasteiger partial charge on any atom is -0.244 e. The van der Waals surface area contributed by atoms with Crippen molar-refractivity contribution in [2.75, 3.05) is 0 Å². The highest BCUT2D eigenvalue weighted by molar-refractivity contribution is 6.30. The van der Waals surface area contributed by atoms with Gasteiger partial charge in [0.15, 0.2) is 0 Å². The lowest BCUT2D eigenvalue weighted by Crippen LogP contribution is -2.03. The highest BCUT2D eigenvalue weighted by Crippen LogP contribution is 2.27. The van der Waals surface area contributed by atoms with Crippen LogP contribution in [0.3, 0.4) is 0 Å². The highest BCUT2D eigenvalue weighted by atomic mass is 35.5. The van der Waals surface area contributed by atoms with Crippen molar-refractivity contribution in [3.05, 3.63) is 29.0 Å². The third-order valence-corrected chi connectivity index (χ3v) is 2.59. The first-order valence-corrected chi connectivity index (χ1v) is 4.61. The summed E-state index contributed by atoms with van der Waals surface area (Å²) in [4.78, 5) is 4.05. The molecule has 2 heteroatoms. The van der Waals surface area contributed by atoms with E-state index in [4.69, 9.17) is 11.6 Å². The summed E-state index contributed by atoms with van der Waals surface area (Å²) in [6.45, 7) is 6.55. The van der Waals surface area contributed by atoms with Crippen LogP contribution < -0.4 is 0 Å². The van der Waals surface area contributed by atoms with E-state index in [0.717, 1.165) is 5.56 Å². The van der Waals surface area contributed by atoms with E-state index in [9.17, 15) is 0 Å². The molecule has 0 aliphatic heterocycles. The van der Waals surface area contributed by atoms with E-state index in [2.05, 4.69) is 25.8 Å². The van der Waals surface area contributed by atoms with Crippen LogP contribution in [0.2, 0.25) is 5.15 Å². The van der Waals surface area contributed by atoms with Gasteiger partial charge in [0, 0.05) is 6.20 Å². The average Bonchev–Trinajstić information content (AvgIpc) is 2.04. The number of rotatable bonds is 2. The largest absolute Gasteiger partial charge is 0.244 e. The molecule has 0 aliphatic rings. The van der Waals surface area contributed by atoms with Crippen LogP contribution in [-0.2, 0) is 0 Å². The van der Waals surface area contributed by atoms with Crippen LogP contribution in [0, 0.1) is 5.92 Å². The Labute approximate surface area is 78.8 Å². The Balaban J connectivity index is 2.94. The zero-order chi connectivity index (χ0) is 9.14. The number of halogens is 1. The molecule has 1 atom stereocenters. The van der Waals surface area contributed by atoms with E-state index < -0.39 is 0 Å². The number of nitrogens with zero attached hydrogens (tertiary/aromatic N) is 1. The summed E-state index contributed by atoms with van der Waals surface area (Å²) in [5.74, 6) is 1.08. The Hall–Kier alpha value is -0.560. The van der Waals surface area contributed by atoms with E-state index in [-0.39, 0.29) is 0 Å². The Bertz CT molecular complexity index is 258. The number of hydrogen-bond donors (Lipinski definition) is 0. The first kappa shape index (κ1) is 9.53. The lowest BCUT2D eigenvalue weighted by atomic mass is 9.91. The minimum absolute atomic E-state index is 0.478. The van der Waals surface area contributed by atoms with Gasteiger partial charge in [0.05, 0.1) is 0 Å². The van der Waals surface area contributed by atoms with Crippen molar-refractivity contribution in [3.8, 4) is 0 Å². The molecule has 0 unspecified atom stereocenters. The second kappa shape index (κ2) is 3.90. The Morgan fingerprint density at radius 2 is 2.00 bits per heavy atom. The van der Waals surface area contributed by atoms with Gasteiger partial charge < -0.3 is 0 Å². The van der Waals surface area contributed by atoms with Crippen molar-refractivity contribution in [3.63, 3.8) is 0 Å². The molecule has 0 radical (unpaired) electrons. The van der Waals surface area contributed by atoms with Crippen LogP contribution in [0.4, 0.5) is 0 Å². The molecule has 0 saturated heterocycles. The molecule has 0 spiro atoms. The van der Waals surface area contributed by atoms with Crippen LogP contribution in [0.25, 0.3) is 0 Å². The maximum atomic E-state index is 5.95. The smallest absolute Gasteiger partial charge is 0.132 e. The molecule has 0 N–H and O–H groups in total. The van der Waals surface area contributed by atoms with Crippen LogP contribution in [-0.4, -0.2) is 4.98 Å². The third kappa shape index (κ3) is 1.98. The van der Waals surface area contributed by atoms with E-state index in [1.54, 1.807) is 6.20 Å². The molecule has 0 fully saturated rings. The normalized spacial score (nSPS) is 13.4. The van der Waals surface area contributed by atoms with Gasteiger partial charge in [0.25, 0.3) is 0 Å². The summed E-state index contributed by atoms with van der Waals surface area (Å²) in [6, 6.07) is 3.97. The first-order valence-electron chi connectivity index (χ1n) is 4.23. The fraction of sp³-hybridized carbons (Fsp3) is 0.500. The van der Waals surface area contributed by atoms with Crippen LogP contribution in [0.5, 0.6) is 0 Å². The van der Waals surface area contributed by atoms with Crippen LogP contribution in [0.1, 0.15) is 32.3 Å². The predicted octanol–water partition coefficient (Wildman–Crippen LogP) is 3.49. The molecule has 1 nitrogen and oxygen atoms in total. The van der Waals surface area contributed by atoms with Gasteiger partial charge in [-0.15, -0.1) is 0 Å². The molecule has 0 bridgehead atoms. The minimum atomic E-state index is 0.478. The predicted molar refractivity (Wildman–Crippen MR) is 52.5 cm³/mol. The fourth-order valence-electron chi connectivity index (χ4n) is 1.10. The first-order chi connectivity index (χ1) is 5.63. The molecule has 66 valence electrons. The second-order valence-corrected chi connectivity index (χ2v) is 3.77. The van der Waals surface area contributed by atoms with Crippen molar-refractivity contribution in [2.24, 2.45) is 5.92 Å². The van der Waals surface area contributed by atoms with Gasteiger partial charge in [-0.2, -0.15) is 0 Å². The van der Waals surface area contributed by atoms with Crippen LogP contribution in [0.15, 0.2) is 18.3 Å². The summed E-state index contributed by atoms with van der Waals surface area (Å²) in [7, 11) is 0. The van der Waals surface area contributed by atoms with Gasteiger partial charge in [0.1, 0.15) is 5.15 Å². The summed E-state index contributed by atoms with van der Waals surface area (Å²) in [5.41, 5.74) is 1.15. The Kier molecular flexibility index (Phi) is 3.10. The zero-order valence-corrected chi connectivity index (χ0v) is 8.47. The van der Waals surface area contributed by atoms with Crippen molar-refractivity contribution < 1.29 is 0 Å². The topological polar surface area (TPSA) is 12.9 Å². The number of hydrogen-bond acceptors (Lipinski definition) is 1. The SMILES string of the molecule is CC(C)[C@H](C)c1cccnc1Cl. The van der Waals surface area contributed by atoms with Crippen molar-refractivity contribution in [1.29, 1.82) is 0 Å². The fourth-order valence-corrected chi connectivity index (χ4v) is 1.39. The van der Waals surface area contributed by atoms with Gasteiger partial charge in [0.2, 0.25) is 0 Å². The van der Waals surface area contributed by atoms with Crippen molar-refractivity contribution in [1.82, 2.24) is 4.98 Å². The third-order valence-electron chi connectivity index (χ3n) is 2.28. The molecule has 1 rings (SSSR count). The summed E-state index contributed by atoms with van der Waals surface area (Å²) in [5, 5.41) is 0.638. The lowest BCUT2D eigenvalue weighted by molar-refractivity contribution is 0.534. The second-order valence-electron chi connectivity index (χ2n) is 3.42. The molecule has 0 saturated carbocycles. The molecule has 12 heavy (non-hydrogen) atoms. The van der Waals surface area contributed by atoms with Crippen molar-refractivity contribution >= 4 is 11.6 Å². The molecule has 0 aromatic carbocycles. The van der Waals surface area contributed by atoms with E-state index in [0.29, 0.717) is 17.0 Å². The zero-order valence-electron chi connectivity index (χ0n) is 7.71. The van der Waals surface area contributed by atoms with E-state index >= 15 is 0 Å². The van der Waals surface area contributed by atoms with Crippen molar-refractivity contribution in [2.45, 2.75) is 26.7 Å². The summed E-state index contributed by atoms with van der Waals surface area (Å²) >= 11 is 5.95. The molecular weight excluding hydrogens is 170 g/mol. The summed E-state index contributed by atoms with van der Waals surface area (Å²) < 4.78 is 0. The monoisotopic (exact) mass is 183 g/mol. The van der Waals surface area contributed by atoms with Gasteiger partial charge in [-0.3, -0.25) is 0 Å². The molecule has 1 heterocycles. The van der Waals surface area contributed by atoms with E-state index in [1.165, 1.54) is 0 Å². The Morgan fingerprint density at radius 1 is 1.33 bits per heavy atom. The molecular formula is C10H14ClN. The van der Waals surface area contributed by atoms with Gasteiger partial charge >= 0.3 is 0 Å². The van der Waals surface area contributed by atoms with E-state index in [1.807, 2.05) is 12.1 Å². The number of pyridine rings is 1. The standard InChI is InChI=1S/C10H14ClN/c1-7(2)8(3)9-5-4-6-12-10(9)11/h4-8H,1-3H3/t8-/m0/s1. The molecule has 0 aliphatic carbocycles. The summed E-state index contributed by atoms with van der Waals surface area (Å²) in [6.07, 6.45) is 1.72.